The first kappa shape index (κ1) is 19.4. The molecule has 130 valence electrons. The molecule has 0 fully saturated rings. The fourth-order valence-corrected chi connectivity index (χ4v) is 3.32. The summed E-state index contributed by atoms with van der Waals surface area (Å²) in [5, 5.41) is 0. The van der Waals surface area contributed by atoms with Crippen molar-refractivity contribution < 1.29 is 26.4 Å². The van der Waals surface area contributed by atoms with Crippen molar-refractivity contribution in [3.05, 3.63) is 29.8 Å². The van der Waals surface area contributed by atoms with Crippen molar-refractivity contribution in [3.63, 3.8) is 0 Å². The van der Waals surface area contributed by atoms with Gasteiger partial charge in [0.05, 0.1) is 30.4 Å². The van der Waals surface area contributed by atoms with E-state index >= 15 is 0 Å². The van der Waals surface area contributed by atoms with Crippen LogP contribution in [0.3, 0.4) is 0 Å². The molecule has 0 atom stereocenters. The van der Waals surface area contributed by atoms with E-state index in [1.165, 1.54) is 38.3 Å². The van der Waals surface area contributed by atoms with E-state index in [1.54, 1.807) is 0 Å². The van der Waals surface area contributed by atoms with Crippen LogP contribution in [0.1, 0.15) is 17.3 Å². The predicted octanol–water partition coefficient (Wildman–Crippen LogP) is 0.179. The quantitative estimate of drug-likeness (QED) is 0.659. The molecular formula is C13H20N2O6S2. The number of rotatable bonds is 8. The molecule has 8 nitrogen and oxygen atoms in total. The van der Waals surface area contributed by atoms with Gasteiger partial charge in [-0.1, -0.05) is 6.07 Å². The SMILES string of the molecule is CCS(=O)(=O)NCCN(c1cccc(C(=O)OC)c1)S(C)(=O)=O. The minimum absolute atomic E-state index is 0.0777. The topological polar surface area (TPSA) is 110 Å². The van der Waals surface area contributed by atoms with Gasteiger partial charge in [0.25, 0.3) is 0 Å². The molecule has 1 aromatic rings. The molecule has 0 aromatic heterocycles. The average molecular weight is 364 g/mol. The Balaban J connectivity index is 3.02. The van der Waals surface area contributed by atoms with Crippen molar-refractivity contribution in [1.82, 2.24) is 4.72 Å². The number of nitrogens with one attached hydrogen (secondary N) is 1. The first-order chi connectivity index (χ1) is 10.6. The Labute approximate surface area is 136 Å². The summed E-state index contributed by atoms with van der Waals surface area (Å²) >= 11 is 0. The van der Waals surface area contributed by atoms with Gasteiger partial charge >= 0.3 is 5.97 Å². The lowest BCUT2D eigenvalue weighted by Crippen LogP contribution is -2.38. The van der Waals surface area contributed by atoms with E-state index in [0.717, 1.165) is 10.6 Å². The second kappa shape index (κ2) is 7.75. The first-order valence-corrected chi connectivity index (χ1v) is 10.2. The summed E-state index contributed by atoms with van der Waals surface area (Å²) in [7, 11) is -5.83. The van der Waals surface area contributed by atoms with E-state index in [1.807, 2.05) is 0 Å². The van der Waals surface area contributed by atoms with Gasteiger partial charge in [0.2, 0.25) is 20.0 Å². The van der Waals surface area contributed by atoms with Gasteiger partial charge in [0, 0.05) is 13.1 Å². The zero-order valence-corrected chi connectivity index (χ0v) is 14.8. The maximum atomic E-state index is 11.9. The van der Waals surface area contributed by atoms with E-state index in [-0.39, 0.29) is 30.1 Å². The fraction of sp³-hybridized carbons (Fsp3) is 0.462. The second-order valence-electron chi connectivity index (χ2n) is 4.67. The van der Waals surface area contributed by atoms with Crippen molar-refractivity contribution in [2.75, 3.05) is 36.5 Å². The van der Waals surface area contributed by atoms with Crippen LogP contribution in [0.25, 0.3) is 0 Å². The second-order valence-corrected chi connectivity index (χ2v) is 8.68. The number of nitrogens with zero attached hydrogens (tertiary/aromatic N) is 1. The third kappa shape index (κ3) is 5.81. The Morgan fingerprint density at radius 2 is 1.91 bits per heavy atom. The van der Waals surface area contributed by atoms with Gasteiger partial charge in [-0.3, -0.25) is 4.31 Å². The third-order valence-corrected chi connectivity index (χ3v) is 5.57. The summed E-state index contributed by atoms with van der Waals surface area (Å²) in [5.41, 5.74) is 0.457. The molecule has 0 bridgehead atoms. The van der Waals surface area contributed by atoms with Gasteiger partial charge in [0.15, 0.2) is 0 Å². The Bertz CT molecular complexity index is 758. The molecule has 0 radical (unpaired) electrons. The van der Waals surface area contributed by atoms with Crippen LogP contribution in [-0.4, -0.2) is 55.0 Å². The van der Waals surface area contributed by atoms with Crippen LogP contribution in [0, 0.1) is 0 Å². The van der Waals surface area contributed by atoms with E-state index < -0.39 is 26.0 Å². The third-order valence-electron chi connectivity index (χ3n) is 2.97. The lowest BCUT2D eigenvalue weighted by Gasteiger charge is -2.23. The largest absolute Gasteiger partial charge is 0.465 e. The Kier molecular flexibility index (Phi) is 6.54. The number of methoxy groups -OCH3 is 1. The van der Waals surface area contributed by atoms with E-state index in [9.17, 15) is 21.6 Å². The molecule has 23 heavy (non-hydrogen) atoms. The van der Waals surface area contributed by atoms with Crippen LogP contribution < -0.4 is 9.03 Å². The van der Waals surface area contributed by atoms with Crippen LogP contribution in [-0.2, 0) is 24.8 Å². The molecule has 0 saturated carbocycles. The highest BCUT2D eigenvalue weighted by Gasteiger charge is 2.19. The maximum absolute atomic E-state index is 11.9. The number of hydrogen-bond donors (Lipinski definition) is 1. The molecule has 0 unspecified atom stereocenters. The molecule has 0 aliphatic heterocycles. The summed E-state index contributed by atoms with van der Waals surface area (Å²) in [6.07, 6.45) is 1.01. The standard InChI is InChI=1S/C13H20N2O6S2/c1-4-23(19,20)14-8-9-15(22(3,17)18)12-7-5-6-11(10-12)13(16)21-2/h5-7,10,14H,4,8-9H2,1-3H3. The molecule has 1 N–H and O–H groups in total. The van der Waals surface area contributed by atoms with Crippen molar-refractivity contribution >= 4 is 31.7 Å². The number of hydrogen-bond acceptors (Lipinski definition) is 6. The van der Waals surface area contributed by atoms with Gasteiger partial charge in [-0.2, -0.15) is 0 Å². The average Bonchev–Trinajstić information content (AvgIpc) is 2.49. The van der Waals surface area contributed by atoms with Gasteiger partial charge in [-0.05, 0) is 25.1 Å². The highest BCUT2D eigenvalue weighted by atomic mass is 32.2. The number of esters is 1. The van der Waals surface area contributed by atoms with Crippen LogP contribution in [0.5, 0.6) is 0 Å². The number of ether oxygens (including phenoxy) is 1. The Morgan fingerprint density at radius 3 is 2.43 bits per heavy atom. The fourth-order valence-electron chi connectivity index (χ4n) is 1.80. The predicted molar refractivity (Wildman–Crippen MR) is 87.4 cm³/mol. The Hall–Kier alpha value is -1.65. The molecule has 10 heteroatoms. The normalized spacial score (nSPS) is 12.0. The molecule has 0 saturated heterocycles. The number of benzene rings is 1. The van der Waals surface area contributed by atoms with Crippen molar-refractivity contribution in [3.8, 4) is 0 Å². The van der Waals surface area contributed by atoms with Crippen LogP contribution >= 0.6 is 0 Å². The minimum Gasteiger partial charge on any atom is -0.465 e. The lowest BCUT2D eigenvalue weighted by atomic mass is 10.2. The number of carbonyl (C=O) groups excluding carboxylic acids is 1. The number of anilines is 1. The highest BCUT2D eigenvalue weighted by molar-refractivity contribution is 7.92. The van der Waals surface area contributed by atoms with Crippen LogP contribution in [0.15, 0.2) is 24.3 Å². The van der Waals surface area contributed by atoms with Crippen LogP contribution in [0.4, 0.5) is 5.69 Å². The van der Waals surface area contributed by atoms with E-state index in [4.69, 9.17) is 0 Å². The molecule has 0 spiro atoms. The van der Waals surface area contributed by atoms with E-state index in [2.05, 4.69) is 9.46 Å². The van der Waals surface area contributed by atoms with E-state index in [0.29, 0.717) is 0 Å². The summed E-state index contributed by atoms with van der Waals surface area (Å²) < 4.78 is 54.6. The van der Waals surface area contributed by atoms with Gasteiger partial charge in [-0.15, -0.1) is 0 Å². The zero-order valence-electron chi connectivity index (χ0n) is 13.1. The summed E-state index contributed by atoms with van der Waals surface area (Å²) in [6.45, 7) is 1.31. The molecule has 1 rings (SSSR count). The number of carbonyl (C=O) groups is 1. The molecular weight excluding hydrogens is 344 g/mol. The van der Waals surface area contributed by atoms with Gasteiger partial charge < -0.3 is 4.74 Å². The molecule has 0 heterocycles. The summed E-state index contributed by atoms with van der Waals surface area (Å²) in [6, 6.07) is 5.91. The summed E-state index contributed by atoms with van der Waals surface area (Å²) in [4.78, 5) is 11.5. The number of sulfonamides is 2. The highest BCUT2D eigenvalue weighted by Crippen LogP contribution is 2.19. The van der Waals surface area contributed by atoms with Gasteiger partial charge in [-0.25, -0.2) is 26.4 Å². The minimum atomic E-state index is -3.65. The zero-order chi connectivity index (χ0) is 17.7. The Morgan fingerprint density at radius 1 is 1.26 bits per heavy atom. The first-order valence-electron chi connectivity index (χ1n) is 6.74. The van der Waals surface area contributed by atoms with Crippen molar-refractivity contribution in [2.45, 2.75) is 6.92 Å². The van der Waals surface area contributed by atoms with Crippen molar-refractivity contribution in [2.24, 2.45) is 0 Å². The molecule has 0 aliphatic rings. The monoisotopic (exact) mass is 364 g/mol. The summed E-state index contributed by atoms with van der Waals surface area (Å²) in [5.74, 6) is -0.684. The maximum Gasteiger partial charge on any atom is 0.337 e. The molecule has 0 amide bonds. The lowest BCUT2D eigenvalue weighted by molar-refractivity contribution is 0.0600. The molecule has 1 aromatic carbocycles. The van der Waals surface area contributed by atoms with Crippen LogP contribution in [0.2, 0.25) is 0 Å². The van der Waals surface area contributed by atoms with Gasteiger partial charge in [0.1, 0.15) is 0 Å². The van der Waals surface area contributed by atoms with Crippen molar-refractivity contribution in [1.29, 1.82) is 0 Å². The smallest absolute Gasteiger partial charge is 0.337 e. The molecule has 0 aliphatic carbocycles.